The third kappa shape index (κ3) is 8.21. The lowest BCUT2D eigenvalue weighted by atomic mass is 10.2. The van der Waals surface area contributed by atoms with Crippen LogP contribution in [0.1, 0.15) is 32.6 Å². The van der Waals surface area contributed by atoms with Crippen LogP contribution in [0.25, 0.3) is 0 Å². The van der Waals surface area contributed by atoms with Gasteiger partial charge in [0.15, 0.2) is 0 Å². The summed E-state index contributed by atoms with van der Waals surface area (Å²) < 4.78 is 24.4. The fourth-order valence-electron chi connectivity index (χ4n) is 0.972. The van der Waals surface area contributed by atoms with Crippen molar-refractivity contribution >= 4 is 10.0 Å². The summed E-state index contributed by atoms with van der Waals surface area (Å²) in [5, 5.41) is 8.42. The van der Waals surface area contributed by atoms with E-state index in [0.717, 1.165) is 25.7 Å². The van der Waals surface area contributed by atoms with E-state index in [-0.39, 0.29) is 12.4 Å². The van der Waals surface area contributed by atoms with Crippen molar-refractivity contribution in [1.82, 2.24) is 4.72 Å². The number of aliphatic hydroxyl groups is 1. The number of hydrogen-bond acceptors (Lipinski definition) is 3. The maximum absolute atomic E-state index is 11.0. The molecule has 0 aromatic heterocycles. The molecule has 0 aromatic carbocycles. The zero-order valence-electron chi connectivity index (χ0n) is 8.12. The van der Waals surface area contributed by atoms with Gasteiger partial charge >= 0.3 is 0 Å². The van der Waals surface area contributed by atoms with Crippen molar-refractivity contribution in [3.8, 4) is 0 Å². The maximum atomic E-state index is 11.0. The Morgan fingerprint density at radius 3 is 2.46 bits per heavy atom. The normalized spacial score (nSPS) is 11.8. The molecule has 0 heterocycles. The van der Waals surface area contributed by atoms with Gasteiger partial charge in [0.25, 0.3) is 0 Å². The van der Waals surface area contributed by atoms with Gasteiger partial charge < -0.3 is 5.11 Å². The molecule has 0 unspecified atom stereocenters. The van der Waals surface area contributed by atoms with Gasteiger partial charge in [-0.05, 0) is 6.42 Å². The van der Waals surface area contributed by atoms with Crippen molar-refractivity contribution in [1.29, 1.82) is 0 Å². The Morgan fingerprint density at radius 1 is 1.23 bits per heavy atom. The maximum Gasteiger partial charge on any atom is 0.213 e. The predicted molar refractivity (Wildman–Crippen MR) is 53.0 cm³/mol. The third-order valence-electron chi connectivity index (χ3n) is 1.71. The van der Waals surface area contributed by atoms with Crippen LogP contribution in [0.2, 0.25) is 0 Å². The van der Waals surface area contributed by atoms with E-state index in [0.29, 0.717) is 6.54 Å². The fraction of sp³-hybridized carbons (Fsp3) is 1.00. The highest BCUT2D eigenvalue weighted by Crippen LogP contribution is 1.97. The van der Waals surface area contributed by atoms with Gasteiger partial charge in [-0.1, -0.05) is 26.2 Å². The molecule has 4 nitrogen and oxygen atoms in total. The Kier molecular flexibility index (Phi) is 7.22. The molecule has 0 aromatic rings. The lowest BCUT2D eigenvalue weighted by Gasteiger charge is -2.04. The molecular formula is C8H19NO3S. The zero-order chi connectivity index (χ0) is 10.2. The van der Waals surface area contributed by atoms with Crippen molar-refractivity contribution in [2.24, 2.45) is 0 Å². The minimum Gasteiger partial charge on any atom is -0.395 e. The van der Waals surface area contributed by atoms with Crippen LogP contribution in [0.5, 0.6) is 0 Å². The molecule has 80 valence electrons. The predicted octanol–water partition coefficient (Wildman–Crippen LogP) is 0.478. The molecule has 0 aliphatic carbocycles. The molecule has 0 bridgehead atoms. The van der Waals surface area contributed by atoms with Gasteiger partial charge in [0.05, 0.1) is 12.4 Å². The molecule has 0 amide bonds. The van der Waals surface area contributed by atoms with Gasteiger partial charge in [-0.25, -0.2) is 13.1 Å². The van der Waals surface area contributed by atoms with Crippen LogP contribution in [0.4, 0.5) is 0 Å². The molecule has 0 aliphatic heterocycles. The standard InChI is InChI=1S/C8H19NO3S/c1-2-3-4-5-6-9-13(11,12)8-7-10/h9-10H,2-8H2,1H3. The number of unbranched alkanes of at least 4 members (excludes halogenated alkanes) is 3. The summed E-state index contributed by atoms with van der Waals surface area (Å²) in [6.07, 6.45) is 4.21. The van der Waals surface area contributed by atoms with Gasteiger partial charge in [-0.15, -0.1) is 0 Å². The van der Waals surface area contributed by atoms with Gasteiger partial charge in [0, 0.05) is 6.54 Å². The van der Waals surface area contributed by atoms with Crippen LogP contribution in [-0.2, 0) is 10.0 Å². The summed E-state index contributed by atoms with van der Waals surface area (Å²) >= 11 is 0. The fourth-order valence-corrected chi connectivity index (χ4v) is 1.81. The number of aliphatic hydroxyl groups excluding tert-OH is 1. The molecule has 0 spiro atoms. The van der Waals surface area contributed by atoms with Crippen molar-refractivity contribution in [3.63, 3.8) is 0 Å². The first-order chi connectivity index (χ1) is 6.12. The molecule has 0 radical (unpaired) electrons. The van der Waals surface area contributed by atoms with Crippen LogP contribution in [0, 0.1) is 0 Å². The van der Waals surface area contributed by atoms with Gasteiger partial charge in [-0.2, -0.15) is 0 Å². The smallest absolute Gasteiger partial charge is 0.213 e. The van der Waals surface area contributed by atoms with Gasteiger partial charge in [0.2, 0.25) is 10.0 Å². The Balaban J connectivity index is 3.41. The molecular weight excluding hydrogens is 190 g/mol. The summed E-state index contributed by atoms with van der Waals surface area (Å²) in [5.41, 5.74) is 0. The minimum atomic E-state index is -3.22. The van der Waals surface area contributed by atoms with Crippen molar-refractivity contribution in [2.45, 2.75) is 32.6 Å². The SMILES string of the molecule is CCCCCCNS(=O)(=O)CCO. The van der Waals surface area contributed by atoms with E-state index in [4.69, 9.17) is 5.11 Å². The molecule has 13 heavy (non-hydrogen) atoms. The van der Waals surface area contributed by atoms with Crippen molar-refractivity contribution in [3.05, 3.63) is 0 Å². The number of hydrogen-bond donors (Lipinski definition) is 2. The molecule has 0 fully saturated rings. The van der Waals surface area contributed by atoms with E-state index in [1.807, 2.05) is 0 Å². The highest BCUT2D eigenvalue weighted by molar-refractivity contribution is 7.89. The van der Waals surface area contributed by atoms with Gasteiger partial charge in [0.1, 0.15) is 0 Å². The lowest BCUT2D eigenvalue weighted by molar-refractivity contribution is 0.319. The second kappa shape index (κ2) is 7.29. The summed E-state index contributed by atoms with van der Waals surface area (Å²) in [6.45, 7) is 2.28. The largest absolute Gasteiger partial charge is 0.395 e. The number of sulfonamides is 1. The topological polar surface area (TPSA) is 66.4 Å². The Morgan fingerprint density at radius 2 is 1.92 bits per heavy atom. The van der Waals surface area contributed by atoms with Crippen LogP contribution in [0.3, 0.4) is 0 Å². The average molecular weight is 209 g/mol. The summed E-state index contributed by atoms with van der Waals surface area (Å²) in [6, 6.07) is 0. The van der Waals surface area contributed by atoms with Crippen molar-refractivity contribution in [2.75, 3.05) is 18.9 Å². The number of rotatable bonds is 8. The zero-order valence-corrected chi connectivity index (χ0v) is 8.94. The third-order valence-corrected chi connectivity index (χ3v) is 3.08. The van der Waals surface area contributed by atoms with E-state index in [2.05, 4.69) is 11.6 Å². The first-order valence-electron chi connectivity index (χ1n) is 4.70. The lowest BCUT2D eigenvalue weighted by Crippen LogP contribution is -2.28. The second-order valence-corrected chi connectivity index (χ2v) is 4.92. The molecule has 0 rings (SSSR count). The van der Waals surface area contributed by atoms with E-state index in [1.54, 1.807) is 0 Å². The van der Waals surface area contributed by atoms with E-state index in [1.165, 1.54) is 0 Å². The quantitative estimate of drug-likeness (QED) is 0.571. The molecule has 0 atom stereocenters. The Hall–Kier alpha value is -0.130. The molecule has 0 saturated carbocycles. The highest BCUT2D eigenvalue weighted by atomic mass is 32.2. The molecule has 5 heteroatoms. The summed E-state index contributed by atoms with van der Waals surface area (Å²) in [7, 11) is -3.22. The van der Waals surface area contributed by atoms with E-state index < -0.39 is 10.0 Å². The molecule has 0 saturated heterocycles. The molecule has 0 aliphatic rings. The Labute approximate surface area is 80.4 Å². The average Bonchev–Trinajstić information content (AvgIpc) is 2.04. The Bertz CT molecular complexity index is 201. The van der Waals surface area contributed by atoms with Crippen LogP contribution in [-0.4, -0.2) is 32.4 Å². The first kappa shape index (κ1) is 12.9. The number of nitrogens with one attached hydrogen (secondary N) is 1. The summed E-state index contributed by atoms with van der Waals surface area (Å²) in [4.78, 5) is 0. The van der Waals surface area contributed by atoms with E-state index >= 15 is 0 Å². The highest BCUT2D eigenvalue weighted by Gasteiger charge is 2.06. The van der Waals surface area contributed by atoms with Crippen LogP contribution >= 0.6 is 0 Å². The second-order valence-electron chi connectivity index (χ2n) is 3.00. The van der Waals surface area contributed by atoms with Crippen molar-refractivity contribution < 1.29 is 13.5 Å². The van der Waals surface area contributed by atoms with Crippen LogP contribution in [0.15, 0.2) is 0 Å². The van der Waals surface area contributed by atoms with Crippen LogP contribution < -0.4 is 4.72 Å². The summed E-state index contributed by atoms with van der Waals surface area (Å²) in [5.74, 6) is -0.194. The molecule has 2 N–H and O–H groups in total. The minimum absolute atomic E-state index is 0.194. The van der Waals surface area contributed by atoms with E-state index in [9.17, 15) is 8.42 Å². The monoisotopic (exact) mass is 209 g/mol. The first-order valence-corrected chi connectivity index (χ1v) is 6.36. The van der Waals surface area contributed by atoms with Gasteiger partial charge in [-0.3, -0.25) is 0 Å².